The van der Waals surface area contributed by atoms with Gasteiger partial charge in [0.2, 0.25) is 0 Å². The van der Waals surface area contributed by atoms with Gasteiger partial charge in [0.15, 0.2) is 0 Å². The van der Waals surface area contributed by atoms with E-state index in [4.69, 9.17) is 10.5 Å². The number of hydrogen-bond acceptors (Lipinski definition) is 3. The summed E-state index contributed by atoms with van der Waals surface area (Å²) in [6.45, 7) is 4.28. The lowest BCUT2D eigenvalue weighted by atomic mass is 9.83. The molecule has 19 heavy (non-hydrogen) atoms. The van der Waals surface area contributed by atoms with Crippen molar-refractivity contribution in [2.24, 2.45) is 5.41 Å². The van der Waals surface area contributed by atoms with Crippen LogP contribution in [-0.4, -0.2) is 13.7 Å². The summed E-state index contributed by atoms with van der Waals surface area (Å²) in [4.78, 5) is 0. The Morgan fingerprint density at radius 1 is 1.32 bits per heavy atom. The quantitative estimate of drug-likeness (QED) is 0.773. The molecule has 106 valence electrons. The summed E-state index contributed by atoms with van der Waals surface area (Å²) < 4.78 is 5.38. The van der Waals surface area contributed by atoms with Gasteiger partial charge in [-0.05, 0) is 30.7 Å². The lowest BCUT2D eigenvalue weighted by Gasteiger charge is -2.28. The first-order valence-corrected chi connectivity index (χ1v) is 7.32. The molecule has 0 heterocycles. The van der Waals surface area contributed by atoms with E-state index in [9.17, 15) is 0 Å². The molecule has 0 unspecified atom stereocenters. The third kappa shape index (κ3) is 3.41. The fourth-order valence-electron chi connectivity index (χ4n) is 3.15. The van der Waals surface area contributed by atoms with Crippen molar-refractivity contribution in [3.63, 3.8) is 0 Å². The predicted octanol–water partition coefficient (Wildman–Crippen LogP) is 3.34. The molecule has 0 aromatic heterocycles. The summed E-state index contributed by atoms with van der Waals surface area (Å²) in [5.41, 5.74) is 8.23. The van der Waals surface area contributed by atoms with Gasteiger partial charge < -0.3 is 15.8 Å². The first kappa shape index (κ1) is 14.2. The maximum absolute atomic E-state index is 5.77. The van der Waals surface area contributed by atoms with Gasteiger partial charge in [-0.2, -0.15) is 0 Å². The molecule has 1 aliphatic rings. The summed E-state index contributed by atoms with van der Waals surface area (Å²) >= 11 is 0. The molecule has 1 fully saturated rings. The van der Waals surface area contributed by atoms with E-state index in [0.717, 1.165) is 24.5 Å². The molecule has 0 radical (unpaired) electrons. The Morgan fingerprint density at radius 2 is 2.05 bits per heavy atom. The molecule has 0 aliphatic heterocycles. The number of anilines is 1. The minimum absolute atomic E-state index is 0.529. The van der Waals surface area contributed by atoms with Gasteiger partial charge in [-0.3, -0.25) is 0 Å². The standard InChI is InChI=1S/C16H26N2O/c1-3-16(8-4-5-9-16)12-18-11-13-6-7-14(17)10-15(13)19-2/h6-7,10,18H,3-5,8-9,11-12,17H2,1-2H3. The number of nitrogens with two attached hydrogens (primary N) is 1. The molecule has 1 aromatic rings. The number of benzene rings is 1. The largest absolute Gasteiger partial charge is 0.496 e. The summed E-state index contributed by atoms with van der Waals surface area (Å²) in [5.74, 6) is 0.879. The molecule has 3 N–H and O–H groups in total. The Labute approximate surface area is 116 Å². The highest BCUT2D eigenvalue weighted by atomic mass is 16.5. The number of nitrogens with one attached hydrogen (secondary N) is 1. The maximum atomic E-state index is 5.77. The minimum atomic E-state index is 0.529. The molecule has 0 saturated heterocycles. The molecule has 3 heteroatoms. The van der Waals surface area contributed by atoms with E-state index in [1.165, 1.54) is 37.7 Å². The molecular weight excluding hydrogens is 236 g/mol. The van der Waals surface area contributed by atoms with Gasteiger partial charge in [0.05, 0.1) is 7.11 Å². The van der Waals surface area contributed by atoms with Gasteiger partial charge in [0.1, 0.15) is 5.75 Å². The number of nitrogen functional groups attached to an aromatic ring is 1. The second-order valence-electron chi connectivity index (χ2n) is 5.74. The van der Waals surface area contributed by atoms with Gasteiger partial charge in [0.25, 0.3) is 0 Å². The Hall–Kier alpha value is -1.22. The van der Waals surface area contributed by atoms with Gasteiger partial charge >= 0.3 is 0 Å². The van der Waals surface area contributed by atoms with E-state index in [2.05, 4.69) is 18.3 Å². The van der Waals surface area contributed by atoms with Crippen LogP contribution in [0.2, 0.25) is 0 Å². The Morgan fingerprint density at radius 3 is 2.68 bits per heavy atom. The first-order chi connectivity index (χ1) is 9.19. The predicted molar refractivity (Wildman–Crippen MR) is 80.3 cm³/mol. The number of methoxy groups -OCH3 is 1. The molecule has 0 bridgehead atoms. The molecule has 1 aromatic carbocycles. The van der Waals surface area contributed by atoms with Crippen LogP contribution in [0.5, 0.6) is 5.75 Å². The zero-order chi connectivity index (χ0) is 13.7. The molecule has 0 atom stereocenters. The van der Waals surface area contributed by atoms with Crippen molar-refractivity contribution >= 4 is 5.69 Å². The zero-order valence-corrected chi connectivity index (χ0v) is 12.2. The van der Waals surface area contributed by atoms with Gasteiger partial charge in [0, 0.05) is 30.4 Å². The van der Waals surface area contributed by atoms with Crippen molar-refractivity contribution in [3.05, 3.63) is 23.8 Å². The van der Waals surface area contributed by atoms with E-state index in [0.29, 0.717) is 5.41 Å². The third-order valence-corrected chi connectivity index (χ3v) is 4.54. The maximum Gasteiger partial charge on any atom is 0.125 e. The summed E-state index contributed by atoms with van der Waals surface area (Å²) in [7, 11) is 1.70. The molecular formula is C16H26N2O. The smallest absolute Gasteiger partial charge is 0.125 e. The highest BCUT2D eigenvalue weighted by molar-refractivity contribution is 5.48. The van der Waals surface area contributed by atoms with Crippen molar-refractivity contribution in [3.8, 4) is 5.75 Å². The number of rotatable bonds is 6. The molecule has 0 spiro atoms. The van der Waals surface area contributed by atoms with Crippen LogP contribution >= 0.6 is 0 Å². The third-order valence-electron chi connectivity index (χ3n) is 4.54. The lowest BCUT2D eigenvalue weighted by molar-refractivity contribution is 0.267. The molecule has 2 rings (SSSR count). The van der Waals surface area contributed by atoms with Crippen LogP contribution in [0.4, 0.5) is 5.69 Å². The van der Waals surface area contributed by atoms with Gasteiger partial charge in [-0.25, -0.2) is 0 Å². The molecule has 1 saturated carbocycles. The highest BCUT2D eigenvalue weighted by Gasteiger charge is 2.31. The monoisotopic (exact) mass is 262 g/mol. The Balaban J connectivity index is 1.92. The minimum Gasteiger partial charge on any atom is -0.496 e. The highest BCUT2D eigenvalue weighted by Crippen LogP contribution is 2.40. The van der Waals surface area contributed by atoms with E-state index in [1.54, 1.807) is 7.11 Å². The van der Waals surface area contributed by atoms with Crippen LogP contribution in [0.3, 0.4) is 0 Å². The molecule has 1 aliphatic carbocycles. The van der Waals surface area contributed by atoms with Crippen molar-refractivity contribution < 1.29 is 4.74 Å². The fraction of sp³-hybridized carbons (Fsp3) is 0.625. The topological polar surface area (TPSA) is 47.3 Å². The lowest BCUT2D eigenvalue weighted by Crippen LogP contribution is -2.31. The van der Waals surface area contributed by atoms with Crippen molar-refractivity contribution in [2.45, 2.75) is 45.6 Å². The normalized spacial score (nSPS) is 17.6. The Kier molecular flexibility index (Phi) is 4.70. The van der Waals surface area contributed by atoms with Crippen LogP contribution < -0.4 is 15.8 Å². The van der Waals surface area contributed by atoms with Gasteiger partial charge in [-0.15, -0.1) is 0 Å². The molecule has 3 nitrogen and oxygen atoms in total. The number of hydrogen-bond donors (Lipinski definition) is 2. The summed E-state index contributed by atoms with van der Waals surface area (Å²) in [6.07, 6.45) is 6.80. The first-order valence-electron chi connectivity index (χ1n) is 7.32. The summed E-state index contributed by atoms with van der Waals surface area (Å²) in [5, 5.41) is 3.61. The van der Waals surface area contributed by atoms with E-state index in [1.807, 2.05) is 12.1 Å². The average molecular weight is 262 g/mol. The Bertz CT molecular complexity index is 411. The van der Waals surface area contributed by atoms with E-state index < -0.39 is 0 Å². The van der Waals surface area contributed by atoms with Crippen LogP contribution in [0.25, 0.3) is 0 Å². The van der Waals surface area contributed by atoms with Crippen molar-refractivity contribution in [1.82, 2.24) is 5.32 Å². The second-order valence-corrected chi connectivity index (χ2v) is 5.74. The SMILES string of the molecule is CCC1(CNCc2ccc(N)cc2OC)CCCC1. The zero-order valence-electron chi connectivity index (χ0n) is 12.2. The van der Waals surface area contributed by atoms with Crippen LogP contribution in [-0.2, 0) is 6.54 Å². The van der Waals surface area contributed by atoms with Crippen LogP contribution in [0, 0.1) is 5.41 Å². The van der Waals surface area contributed by atoms with Gasteiger partial charge in [-0.1, -0.05) is 25.8 Å². The molecule has 0 amide bonds. The van der Waals surface area contributed by atoms with E-state index >= 15 is 0 Å². The summed E-state index contributed by atoms with van der Waals surface area (Å²) in [6, 6.07) is 5.88. The average Bonchev–Trinajstić information content (AvgIpc) is 2.90. The van der Waals surface area contributed by atoms with Crippen LogP contribution in [0.1, 0.15) is 44.6 Å². The van der Waals surface area contributed by atoms with Crippen LogP contribution in [0.15, 0.2) is 18.2 Å². The van der Waals surface area contributed by atoms with Crippen molar-refractivity contribution in [2.75, 3.05) is 19.4 Å². The number of ether oxygens (including phenoxy) is 1. The van der Waals surface area contributed by atoms with E-state index in [-0.39, 0.29) is 0 Å². The second kappa shape index (κ2) is 6.29. The van der Waals surface area contributed by atoms with Crippen molar-refractivity contribution in [1.29, 1.82) is 0 Å². The fourth-order valence-corrected chi connectivity index (χ4v) is 3.15.